The molecule has 4 heteroatoms. The van der Waals surface area contributed by atoms with Gasteiger partial charge in [0, 0.05) is 0 Å². The Hall–Kier alpha value is 0.110. The van der Waals surface area contributed by atoms with E-state index in [-0.39, 0.29) is 12.3 Å². The quantitative estimate of drug-likeness (QED) is 0.677. The second-order valence-corrected chi connectivity index (χ2v) is 3.69. The topological polar surface area (TPSA) is 20.2 Å². The van der Waals surface area contributed by atoms with Crippen molar-refractivity contribution in [2.24, 2.45) is 5.92 Å². The smallest absolute Gasteiger partial charge is 0.347 e. The van der Waals surface area contributed by atoms with Gasteiger partial charge in [-0.05, 0) is 23.9 Å². The third kappa shape index (κ3) is 4.88. The maximum atomic E-state index is 12.2. The molecule has 0 fully saturated rings. The van der Waals surface area contributed by atoms with E-state index in [4.69, 9.17) is 5.11 Å². The van der Waals surface area contributed by atoms with Crippen LogP contribution in [0, 0.1) is 5.92 Å². The highest BCUT2D eigenvalue weighted by Crippen LogP contribution is 2.28. The van der Waals surface area contributed by atoms with Crippen LogP contribution in [0.2, 0.25) is 0 Å². The van der Waals surface area contributed by atoms with E-state index < -0.39 is 11.5 Å². The molecule has 0 saturated heterocycles. The Bertz CT molecular complexity index is 125. The predicted octanol–water partition coefficient (Wildman–Crippen LogP) is 3.01. The molecule has 74 valence electrons. The molecular weight excluding hydrogens is 186 g/mol. The number of halogens is 3. The monoisotopic (exact) mass is 200 g/mol. The van der Waals surface area contributed by atoms with Crippen molar-refractivity contribution in [3.8, 4) is 0 Å². The minimum absolute atomic E-state index is 0.0599. The number of hydrogen-bond acceptors (Lipinski definition) is 1. The number of aliphatic hydroxyl groups excluding tert-OH is 1. The van der Waals surface area contributed by atoms with Crippen LogP contribution in [0.5, 0.6) is 0 Å². The maximum absolute atomic E-state index is 12.2. The third-order valence-electron chi connectivity index (χ3n) is 1.78. The fraction of sp³-hybridized carbons (Fsp3) is 1.00. The first-order valence-electron chi connectivity index (χ1n) is 4.12. The highest BCUT2D eigenvalue weighted by Gasteiger charge is 2.35. The lowest BCUT2D eigenvalue weighted by Crippen LogP contribution is -2.29. The largest absolute Gasteiger partial charge is 0.385 e. The summed E-state index contributed by atoms with van der Waals surface area (Å²) in [6.45, 7) is 3.80. The van der Waals surface area contributed by atoms with Gasteiger partial charge in [0.2, 0.25) is 0 Å². The zero-order valence-electron chi connectivity index (χ0n) is 7.36. The molecule has 0 bridgehead atoms. The molecule has 0 aromatic carbocycles. The summed E-state index contributed by atoms with van der Waals surface area (Å²) in [7, 11) is 0. The molecule has 0 aromatic rings. The third-order valence-corrected chi connectivity index (χ3v) is 2.04. The van der Waals surface area contributed by atoms with Crippen LogP contribution in [0.1, 0.15) is 33.1 Å². The first-order valence-corrected chi connectivity index (χ1v) is 4.50. The number of hydrogen-bond donors (Lipinski definition) is 1. The van der Waals surface area contributed by atoms with Crippen LogP contribution < -0.4 is 0 Å². The summed E-state index contributed by atoms with van der Waals surface area (Å²) >= 11 is 4.64. The fourth-order valence-corrected chi connectivity index (χ4v) is 1.21. The summed E-state index contributed by atoms with van der Waals surface area (Å²) in [4.78, 5) is 0. The summed E-state index contributed by atoms with van der Waals surface area (Å²) in [6.07, 6.45) is 0.108. The van der Waals surface area contributed by atoms with Crippen molar-refractivity contribution in [3.63, 3.8) is 0 Å². The van der Waals surface area contributed by atoms with E-state index in [0.717, 1.165) is 12.8 Å². The average Bonchev–Trinajstić information content (AvgIpc) is 1.85. The van der Waals surface area contributed by atoms with Crippen molar-refractivity contribution >= 4 is 11.6 Å². The van der Waals surface area contributed by atoms with E-state index in [1.165, 1.54) is 0 Å². The van der Waals surface area contributed by atoms with E-state index in [1.54, 1.807) is 0 Å². The van der Waals surface area contributed by atoms with E-state index in [1.807, 2.05) is 13.8 Å². The van der Waals surface area contributed by atoms with Crippen LogP contribution >= 0.6 is 11.6 Å². The molecule has 0 aromatic heterocycles. The van der Waals surface area contributed by atoms with Crippen molar-refractivity contribution in [3.05, 3.63) is 0 Å². The highest BCUT2D eigenvalue weighted by atomic mass is 35.5. The molecule has 0 aliphatic rings. The molecule has 0 heterocycles. The lowest BCUT2D eigenvalue weighted by atomic mass is 9.99. The summed E-state index contributed by atoms with van der Waals surface area (Å²) < 4.78 is 24.5. The van der Waals surface area contributed by atoms with E-state index in [2.05, 4.69) is 11.6 Å². The molecule has 1 N–H and O–H groups in total. The van der Waals surface area contributed by atoms with Gasteiger partial charge in [-0.25, -0.2) is 0 Å². The van der Waals surface area contributed by atoms with Gasteiger partial charge in [-0.1, -0.05) is 26.7 Å². The van der Waals surface area contributed by atoms with Gasteiger partial charge in [-0.2, -0.15) is 8.78 Å². The van der Waals surface area contributed by atoms with Crippen LogP contribution in [0.15, 0.2) is 0 Å². The fourth-order valence-electron chi connectivity index (χ4n) is 1.13. The number of aliphatic hydroxyl groups is 1. The van der Waals surface area contributed by atoms with Gasteiger partial charge < -0.3 is 5.11 Å². The molecule has 2 unspecified atom stereocenters. The normalized spacial score (nSPS) is 17.5. The highest BCUT2D eigenvalue weighted by molar-refractivity contribution is 6.22. The lowest BCUT2D eigenvalue weighted by Gasteiger charge is -2.19. The number of rotatable bonds is 5. The van der Waals surface area contributed by atoms with Gasteiger partial charge in [0.05, 0.1) is 0 Å². The van der Waals surface area contributed by atoms with Gasteiger partial charge in [-0.3, -0.25) is 0 Å². The van der Waals surface area contributed by atoms with Crippen LogP contribution in [0.25, 0.3) is 0 Å². The van der Waals surface area contributed by atoms with Crippen LogP contribution in [0.4, 0.5) is 8.78 Å². The Labute approximate surface area is 76.7 Å². The molecule has 0 aliphatic heterocycles. The van der Waals surface area contributed by atoms with Gasteiger partial charge >= 0.3 is 5.38 Å². The Kier molecular flexibility index (Phi) is 5.02. The molecule has 0 spiro atoms. The Morgan fingerprint density at radius 3 is 2.33 bits per heavy atom. The van der Waals surface area contributed by atoms with E-state index in [9.17, 15) is 8.78 Å². The molecule has 0 radical (unpaired) electrons. The van der Waals surface area contributed by atoms with E-state index in [0.29, 0.717) is 0 Å². The predicted molar refractivity (Wildman–Crippen MR) is 45.5 cm³/mol. The van der Waals surface area contributed by atoms with Crippen molar-refractivity contribution in [2.75, 3.05) is 0 Å². The average molecular weight is 201 g/mol. The zero-order chi connectivity index (χ0) is 9.78. The Morgan fingerprint density at radius 1 is 1.50 bits per heavy atom. The van der Waals surface area contributed by atoms with Gasteiger partial charge in [-0.15, -0.1) is 0 Å². The van der Waals surface area contributed by atoms with Crippen LogP contribution in [-0.4, -0.2) is 16.6 Å². The molecule has 0 amide bonds. The zero-order valence-corrected chi connectivity index (χ0v) is 8.11. The first kappa shape index (κ1) is 12.1. The minimum Gasteiger partial charge on any atom is -0.385 e. The Morgan fingerprint density at radius 2 is 2.00 bits per heavy atom. The second kappa shape index (κ2) is 4.97. The van der Waals surface area contributed by atoms with Gasteiger partial charge in [0.15, 0.2) is 0 Å². The first-order chi connectivity index (χ1) is 5.38. The maximum Gasteiger partial charge on any atom is 0.347 e. The van der Waals surface area contributed by atoms with Crippen molar-refractivity contribution in [2.45, 2.75) is 44.6 Å². The SMILES string of the molecule is CCCC(C)CC(O)C(F)(F)Cl. The van der Waals surface area contributed by atoms with Crippen molar-refractivity contribution in [1.29, 1.82) is 0 Å². The van der Waals surface area contributed by atoms with Crippen molar-refractivity contribution < 1.29 is 13.9 Å². The van der Waals surface area contributed by atoms with Crippen LogP contribution in [-0.2, 0) is 0 Å². The summed E-state index contributed by atoms with van der Waals surface area (Å²) in [5.74, 6) is 0.0922. The van der Waals surface area contributed by atoms with Crippen molar-refractivity contribution in [1.82, 2.24) is 0 Å². The molecule has 1 nitrogen and oxygen atoms in total. The molecule has 0 saturated carbocycles. The number of alkyl halides is 3. The van der Waals surface area contributed by atoms with Crippen LogP contribution in [0.3, 0.4) is 0 Å². The summed E-state index contributed by atoms with van der Waals surface area (Å²) in [6, 6.07) is 0. The standard InChI is InChI=1S/C8H15ClF2O/c1-3-4-6(2)5-7(12)8(9,10)11/h6-7,12H,3-5H2,1-2H3. The van der Waals surface area contributed by atoms with Gasteiger partial charge in [0.25, 0.3) is 0 Å². The molecule has 12 heavy (non-hydrogen) atoms. The molecule has 0 rings (SSSR count). The van der Waals surface area contributed by atoms with Gasteiger partial charge in [0.1, 0.15) is 6.10 Å². The summed E-state index contributed by atoms with van der Waals surface area (Å²) in [5, 5.41) is 5.42. The molecular formula is C8H15ClF2O. The molecule has 2 atom stereocenters. The molecule has 0 aliphatic carbocycles. The Balaban J connectivity index is 3.76. The lowest BCUT2D eigenvalue weighted by molar-refractivity contribution is -0.0510. The second-order valence-electron chi connectivity index (χ2n) is 3.19. The summed E-state index contributed by atoms with van der Waals surface area (Å²) in [5.41, 5.74) is 0. The van der Waals surface area contributed by atoms with E-state index >= 15 is 0 Å². The minimum atomic E-state index is -3.48.